The summed E-state index contributed by atoms with van der Waals surface area (Å²) in [7, 11) is 0. The number of phenols is 1. The number of nitrogens with zero attached hydrogens (tertiary/aromatic N) is 2. The van der Waals surface area contributed by atoms with Crippen LogP contribution >= 0.6 is 0 Å². The lowest BCUT2D eigenvalue weighted by molar-refractivity contribution is 0.474. The lowest BCUT2D eigenvalue weighted by atomic mass is 10.2. The van der Waals surface area contributed by atoms with E-state index in [9.17, 15) is 5.11 Å². The molecule has 1 aromatic carbocycles. The summed E-state index contributed by atoms with van der Waals surface area (Å²) in [5.41, 5.74) is 0.741. The predicted octanol–water partition coefficient (Wildman–Crippen LogP) is 2.39. The second-order valence-corrected chi connectivity index (χ2v) is 3.30. The van der Waals surface area contributed by atoms with Crippen LogP contribution in [-0.2, 0) is 6.42 Å². The van der Waals surface area contributed by atoms with E-state index >= 15 is 0 Å². The quantitative estimate of drug-likeness (QED) is 0.833. The van der Waals surface area contributed by atoms with Gasteiger partial charge in [-0.3, -0.25) is 0 Å². The number of phenolic OH excluding ortho intramolecular Hbond substituents is 1. The lowest BCUT2D eigenvalue weighted by Crippen LogP contribution is -1.80. The van der Waals surface area contributed by atoms with Gasteiger partial charge < -0.3 is 9.52 Å². The minimum atomic E-state index is 0.197. The summed E-state index contributed by atoms with van der Waals surface area (Å²) in [5, 5.41) is 17.1. The van der Waals surface area contributed by atoms with Gasteiger partial charge in [0.05, 0.1) is 0 Å². The molecule has 0 unspecified atom stereocenters. The van der Waals surface area contributed by atoms with Crippen LogP contribution in [0, 0.1) is 0 Å². The molecular formula is C11H12N2O2. The van der Waals surface area contributed by atoms with Crippen molar-refractivity contribution in [2.75, 3.05) is 0 Å². The molecular weight excluding hydrogens is 192 g/mol. The number of rotatable bonds is 3. The Morgan fingerprint density at radius 3 is 2.93 bits per heavy atom. The molecule has 4 nitrogen and oxygen atoms in total. The van der Waals surface area contributed by atoms with Crippen LogP contribution in [-0.4, -0.2) is 15.3 Å². The monoisotopic (exact) mass is 204 g/mol. The molecule has 0 aliphatic heterocycles. The maximum Gasteiger partial charge on any atom is 0.247 e. The molecule has 0 bridgehead atoms. The second-order valence-electron chi connectivity index (χ2n) is 3.30. The van der Waals surface area contributed by atoms with E-state index < -0.39 is 0 Å². The van der Waals surface area contributed by atoms with Gasteiger partial charge in [0.25, 0.3) is 0 Å². The fourth-order valence-corrected chi connectivity index (χ4v) is 1.32. The molecule has 0 spiro atoms. The summed E-state index contributed by atoms with van der Waals surface area (Å²) >= 11 is 0. The summed E-state index contributed by atoms with van der Waals surface area (Å²) in [5.74, 6) is 1.29. The molecule has 1 aromatic heterocycles. The number of aromatic nitrogens is 2. The van der Waals surface area contributed by atoms with Gasteiger partial charge in [-0.2, -0.15) is 0 Å². The van der Waals surface area contributed by atoms with Crippen LogP contribution in [0.15, 0.2) is 28.7 Å². The Kier molecular flexibility index (Phi) is 2.67. The summed E-state index contributed by atoms with van der Waals surface area (Å²) < 4.78 is 5.43. The first-order valence-corrected chi connectivity index (χ1v) is 4.91. The molecule has 0 atom stereocenters. The molecule has 0 saturated carbocycles. The zero-order valence-corrected chi connectivity index (χ0v) is 8.47. The van der Waals surface area contributed by atoms with Gasteiger partial charge in [-0.05, 0) is 24.6 Å². The molecule has 2 aromatic rings. The van der Waals surface area contributed by atoms with E-state index in [1.54, 1.807) is 18.2 Å². The highest BCUT2D eigenvalue weighted by Crippen LogP contribution is 2.21. The molecule has 0 radical (unpaired) electrons. The van der Waals surface area contributed by atoms with Crippen LogP contribution in [0.2, 0.25) is 0 Å². The molecule has 0 fully saturated rings. The third kappa shape index (κ3) is 2.15. The maximum absolute atomic E-state index is 9.29. The summed E-state index contributed by atoms with van der Waals surface area (Å²) in [4.78, 5) is 0. The van der Waals surface area contributed by atoms with Crippen LogP contribution in [0.1, 0.15) is 19.2 Å². The molecule has 78 valence electrons. The van der Waals surface area contributed by atoms with E-state index in [0.29, 0.717) is 11.8 Å². The molecule has 0 saturated heterocycles. The standard InChI is InChI=1S/C11H12N2O2/c1-2-4-10-12-13-11(15-10)8-5-3-6-9(14)7-8/h3,5-7,14H,2,4H2,1H3. The van der Waals surface area contributed by atoms with Crippen molar-refractivity contribution in [2.24, 2.45) is 0 Å². The largest absolute Gasteiger partial charge is 0.508 e. The maximum atomic E-state index is 9.29. The third-order valence-electron chi connectivity index (χ3n) is 2.02. The zero-order chi connectivity index (χ0) is 10.7. The van der Waals surface area contributed by atoms with Crippen molar-refractivity contribution in [3.05, 3.63) is 30.2 Å². The Bertz CT molecular complexity index is 451. The normalized spacial score (nSPS) is 10.5. The first kappa shape index (κ1) is 9.71. The Morgan fingerprint density at radius 1 is 1.33 bits per heavy atom. The van der Waals surface area contributed by atoms with Crippen LogP contribution in [0.25, 0.3) is 11.5 Å². The van der Waals surface area contributed by atoms with Gasteiger partial charge in [0, 0.05) is 12.0 Å². The van der Waals surface area contributed by atoms with E-state index in [2.05, 4.69) is 17.1 Å². The molecule has 2 rings (SSSR count). The Labute approximate surface area is 87.6 Å². The molecule has 1 N–H and O–H groups in total. The van der Waals surface area contributed by atoms with Gasteiger partial charge in [-0.15, -0.1) is 10.2 Å². The first-order valence-electron chi connectivity index (χ1n) is 4.91. The van der Waals surface area contributed by atoms with Crippen LogP contribution in [0.3, 0.4) is 0 Å². The lowest BCUT2D eigenvalue weighted by Gasteiger charge is -1.94. The smallest absolute Gasteiger partial charge is 0.247 e. The highest BCUT2D eigenvalue weighted by atomic mass is 16.4. The fraction of sp³-hybridized carbons (Fsp3) is 0.273. The van der Waals surface area contributed by atoms with E-state index in [1.807, 2.05) is 6.07 Å². The first-order chi connectivity index (χ1) is 7.29. The Morgan fingerprint density at radius 2 is 2.20 bits per heavy atom. The van der Waals surface area contributed by atoms with Gasteiger partial charge in [-0.25, -0.2) is 0 Å². The van der Waals surface area contributed by atoms with Crippen molar-refractivity contribution in [1.29, 1.82) is 0 Å². The van der Waals surface area contributed by atoms with Gasteiger partial charge in [0.1, 0.15) is 5.75 Å². The minimum Gasteiger partial charge on any atom is -0.508 e. The predicted molar refractivity (Wildman–Crippen MR) is 55.4 cm³/mol. The highest BCUT2D eigenvalue weighted by molar-refractivity contribution is 5.54. The van der Waals surface area contributed by atoms with E-state index in [-0.39, 0.29) is 5.75 Å². The zero-order valence-electron chi connectivity index (χ0n) is 8.47. The average molecular weight is 204 g/mol. The number of benzene rings is 1. The van der Waals surface area contributed by atoms with E-state index in [4.69, 9.17) is 4.42 Å². The van der Waals surface area contributed by atoms with Gasteiger partial charge in [-0.1, -0.05) is 13.0 Å². The molecule has 0 amide bonds. The van der Waals surface area contributed by atoms with Gasteiger partial charge in [0.15, 0.2) is 0 Å². The van der Waals surface area contributed by atoms with Crippen molar-refractivity contribution in [2.45, 2.75) is 19.8 Å². The number of hydrogen-bond acceptors (Lipinski definition) is 4. The molecule has 15 heavy (non-hydrogen) atoms. The number of hydrogen-bond donors (Lipinski definition) is 1. The van der Waals surface area contributed by atoms with Crippen molar-refractivity contribution in [3.63, 3.8) is 0 Å². The van der Waals surface area contributed by atoms with Crippen molar-refractivity contribution in [3.8, 4) is 17.2 Å². The molecule has 0 aliphatic rings. The van der Waals surface area contributed by atoms with Gasteiger partial charge in [0.2, 0.25) is 11.8 Å². The van der Waals surface area contributed by atoms with Crippen LogP contribution in [0.4, 0.5) is 0 Å². The molecule has 4 heteroatoms. The summed E-state index contributed by atoms with van der Waals surface area (Å²) in [6.07, 6.45) is 1.76. The van der Waals surface area contributed by atoms with E-state index in [0.717, 1.165) is 18.4 Å². The van der Waals surface area contributed by atoms with Crippen molar-refractivity contribution >= 4 is 0 Å². The number of aryl methyl sites for hydroxylation is 1. The van der Waals surface area contributed by atoms with Gasteiger partial charge >= 0.3 is 0 Å². The highest BCUT2D eigenvalue weighted by Gasteiger charge is 2.07. The Hall–Kier alpha value is -1.84. The second kappa shape index (κ2) is 4.13. The van der Waals surface area contributed by atoms with Crippen LogP contribution < -0.4 is 0 Å². The topological polar surface area (TPSA) is 59.2 Å². The molecule has 1 heterocycles. The molecule has 0 aliphatic carbocycles. The van der Waals surface area contributed by atoms with E-state index in [1.165, 1.54) is 0 Å². The van der Waals surface area contributed by atoms with Crippen molar-refractivity contribution in [1.82, 2.24) is 10.2 Å². The minimum absolute atomic E-state index is 0.197. The summed E-state index contributed by atoms with van der Waals surface area (Å²) in [6, 6.07) is 6.77. The Balaban J connectivity index is 2.29. The fourth-order valence-electron chi connectivity index (χ4n) is 1.32. The SMILES string of the molecule is CCCc1nnc(-c2cccc(O)c2)o1. The van der Waals surface area contributed by atoms with Crippen molar-refractivity contribution < 1.29 is 9.52 Å². The third-order valence-corrected chi connectivity index (χ3v) is 2.02. The number of aromatic hydroxyl groups is 1. The summed E-state index contributed by atoms with van der Waals surface area (Å²) in [6.45, 7) is 2.05. The van der Waals surface area contributed by atoms with Crippen LogP contribution in [0.5, 0.6) is 5.75 Å². The average Bonchev–Trinajstić information content (AvgIpc) is 2.67.